The third-order valence-electron chi connectivity index (χ3n) is 8.48. The highest BCUT2D eigenvalue weighted by Gasteiger charge is 2.47. The highest BCUT2D eigenvalue weighted by Crippen LogP contribution is 2.50. The molecule has 1 saturated carbocycles. The summed E-state index contributed by atoms with van der Waals surface area (Å²) in [7, 11) is 3.27. The Morgan fingerprint density at radius 3 is 2.49 bits per heavy atom. The lowest BCUT2D eigenvalue weighted by atomic mass is 9.73. The number of rotatable bonds is 11. The number of hydrogen-bond acceptors (Lipinski definition) is 8. The van der Waals surface area contributed by atoms with Gasteiger partial charge in [0.05, 0.1) is 32.0 Å². The van der Waals surface area contributed by atoms with E-state index in [0.717, 1.165) is 30.6 Å². The van der Waals surface area contributed by atoms with Gasteiger partial charge in [-0.3, -0.25) is 0 Å². The van der Waals surface area contributed by atoms with Crippen LogP contribution < -0.4 is 18.9 Å². The largest absolute Gasteiger partial charge is 0.496 e. The molecule has 0 saturated heterocycles. The van der Waals surface area contributed by atoms with Crippen molar-refractivity contribution in [3.8, 4) is 23.0 Å². The van der Waals surface area contributed by atoms with Crippen molar-refractivity contribution in [2.24, 2.45) is 11.8 Å². The SMILES string of the molecule is COCCCC1Oc2cc(CCCO)c(OC)cc2C(O)C1C1COc2ccc(OC3CCCC3)cc2C1O. The zero-order valence-electron chi connectivity index (χ0n) is 23.0. The number of benzene rings is 2. The molecule has 0 radical (unpaired) electrons. The van der Waals surface area contributed by atoms with E-state index in [1.807, 2.05) is 30.3 Å². The first kappa shape index (κ1) is 28.0. The number of aliphatic hydroxyl groups excluding tert-OH is 3. The molecule has 5 atom stereocenters. The van der Waals surface area contributed by atoms with Crippen LogP contribution in [0.25, 0.3) is 0 Å². The minimum atomic E-state index is -0.884. The van der Waals surface area contributed by atoms with Crippen molar-refractivity contribution >= 4 is 0 Å². The summed E-state index contributed by atoms with van der Waals surface area (Å²) in [6.07, 6.45) is 5.28. The van der Waals surface area contributed by atoms with Crippen molar-refractivity contribution in [2.45, 2.75) is 75.8 Å². The Morgan fingerprint density at radius 1 is 0.949 bits per heavy atom. The molecule has 2 aliphatic heterocycles. The van der Waals surface area contributed by atoms with Crippen LogP contribution in [-0.2, 0) is 11.2 Å². The van der Waals surface area contributed by atoms with Gasteiger partial charge in [0.2, 0.25) is 0 Å². The third kappa shape index (κ3) is 5.99. The Hall–Kier alpha value is -2.52. The van der Waals surface area contributed by atoms with Gasteiger partial charge in [0.15, 0.2) is 0 Å². The molecular weight excluding hydrogens is 500 g/mol. The van der Waals surface area contributed by atoms with Gasteiger partial charge in [-0.25, -0.2) is 0 Å². The smallest absolute Gasteiger partial charge is 0.126 e. The maximum atomic E-state index is 11.8. The van der Waals surface area contributed by atoms with Crippen molar-refractivity contribution < 1.29 is 39.0 Å². The molecule has 2 aromatic carbocycles. The summed E-state index contributed by atoms with van der Waals surface area (Å²) in [5.41, 5.74) is 2.26. The molecule has 2 heterocycles. The van der Waals surface area contributed by atoms with E-state index >= 15 is 0 Å². The fourth-order valence-corrected chi connectivity index (χ4v) is 6.44. The fraction of sp³-hybridized carbons (Fsp3) is 0.613. The van der Waals surface area contributed by atoms with Crippen LogP contribution in [0.4, 0.5) is 0 Å². The number of fused-ring (bicyclic) bond motifs is 2. The maximum absolute atomic E-state index is 11.8. The summed E-state index contributed by atoms with van der Waals surface area (Å²) < 4.78 is 29.8. The Kier molecular flexibility index (Phi) is 9.17. The van der Waals surface area contributed by atoms with Crippen LogP contribution in [0.3, 0.4) is 0 Å². The van der Waals surface area contributed by atoms with E-state index in [-0.39, 0.29) is 25.4 Å². The van der Waals surface area contributed by atoms with Crippen LogP contribution in [0.15, 0.2) is 30.3 Å². The Balaban J connectivity index is 1.44. The molecule has 39 heavy (non-hydrogen) atoms. The first-order valence-corrected chi connectivity index (χ1v) is 14.3. The average molecular weight is 543 g/mol. The molecule has 8 nitrogen and oxygen atoms in total. The van der Waals surface area contributed by atoms with Crippen LogP contribution in [0, 0.1) is 11.8 Å². The highest BCUT2D eigenvalue weighted by molar-refractivity contribution is 5.50. The second-order valence-corrected chi connectivity index (χ2v) is 11.0. The lowest BCUT2D eigenvalue weighted by Crippen LogP contribution is -2.46. The van der Waals surface area contributed by atoms with Gasteiger partial charge in [0.25, 0.3) is 0 Å². The van der Waals surface area contributed by atoms with E-state index in [9.17, 15) is 15.3 Å². The van der Waals surface area contributed by atoms with Crippen molar-refractivity contribution in [1.82, 2.24) is 0 Å². The zero-order chi connectivity index (χ0) is 27.4. The molecule has 0 aromatic heterocycles. The predicted octanol–water partition coefficient (Wildman–Crippen LogP) is 4.52. The number of hydrogen-bond donors (Lipinski definition) is 3. The topological polar surface area (TPSA) is 107 Å². The third-order valence-corrected chi connectivity index (χ3v) is 8.48. The lowest BCUT2D eigenvalue weighted by molar-refractivity contribution is -0.0888. The molecule has 5 rings (SSSR count). The molecule has 3 N–H and O–H groups in total. The van der Waals surface area contributed by atoms with Crippen LogP contribution in [0.1, 0.15) is 73.8 Å². The van der Waals surface area contributed by atoms with E-state index in [1.54, 1.807) is 14.2 Å². The molecule has 2 aromatic rings. The summed E-state index contributed by atoms with van der Waals surface area (Å²) >= 11 is 0. The monoisotopic (exact) mass is 542 g/mol. The lowest BCUT2D eigenvalue weighted by Gasteiger charge is -2.44. The van der Waals surface area contributed by atoms with Crippen LogP contribution in [0.2, 0.25) is 0 Å². The quantitative estimate of drug-likeness (QED) is 0.356. The number of ether oxygens (including phenoxy) is 5. The van der Waals surface area contributed by atoms with E-state index in [4.69, 9.17) is 23.7 Å². The number of aryl methyl sites for hydroxylation is 1. The predicted molar refractivity (Wildman–Crippen MR) is 146 cm³/mol. The van der Waals surface area contributed by atoms with Crippen molar-refractivity contribution in [1.29, 1.82) is 0 Å². The highest BCUT2D eigenvalue weighted by atomic mass is 16.5. The normalized spacial score (nSPS) is 26.3. The summed E-state index contributed by atoms with van der Waals surface area (Å²) in [4.78, 5) is 0. The first-order valence-electron chi connectivity index (χ1n) is 14.3. The summed E-state index contributed by atoms with van der Waals surface area (Å²) in [5.74, 6) is 1.86. The van der Waals surface area contributed by atoms with E-state index in [1.165, 1.54) is 12.8 Å². The standard InChI is InChI=1S/C31H42O8/c1-35-14-6-10-26-29(31(34)23-17-27(36-2)19(7-5-13-32)15-28(23)39-26)24-18-37-25-12-11-21(16-22(25)30(24)33)38-20-8-3-4-9-20/h11-12,15-17,20,24,26,29-34H,3-10,13-14,18H2,1-2H3. The van der Waals surface area contributed by atoms with Gasteiger partial charge in [-0.2, -0.15) is 0 Å². The molecule has 5 unspecified atom stereocenters. The van der Waals surface area contributed by atoms with E-state index in [2.05, 4.69) is 0 Å². The van der Waals surface area contributed by atoms with Gasteiger partial charge in [-0.05, 0) is 87.3 Å². The number of aliphatic hydroxyl groups is 3. The van der Waals surface area contributed by atoms with E-state index in [0.29, 0.717) is 54.2 Å². The molecule has 0 bridgehead atoms. The Morgan fingerprint density at radius 2 is 1.74 bits per heavy atom. The second kappa shape index (κ2) is 12.8. The van der Waals surface area contributed by atoms with Gasteiger partial charge >= 0.3 is 0 Å². The second-order valence-electron chi connectivity index (χ2n) is 11.0. The first-order chi connectivity index (χ1) is 19.0. The molecule has 0 amide bonds. The van der Waals surface area contributed by atoms with Gasteiger partial charge in [-0.15, -0.1) is 0 Å². The zero-order valence-corrected chi connectivity index (χ0v) is 23.0. The summed E-state index contributed by atoms with van der Waals surface area (Å²) in [6.45, 7) is 0.929. The summed E-state index contributed by atoms with van der Waals surface area (Å²) in [5, 5.41) is 32.8. The van der Waals surface area contributed by atoms with Crippen LogP contribution in [-0.4, -0.2) is 61.6 Å². The molecule has 1 aliphatic carbocycles. The molecule has 0 spiro atoms. The van der Waals surface area contributed by atoms with Crippen molar-refractivity contribution in [3.63, 3.8) is 0 Å². The minimum Gasteiger partial charge on any atom is -0.496 e. The Labute approximate surface area is 230 Å². The van der Waals surface area contributed by atoms with Crippen molar-refractivity contribution in [3.05, 3.63) is 47.0 Å². The van der Waals surface area contributed by atoms with Crippen molar-refractivity contribution in [2.75, 3.05) is 34.0 Å². The molecular formula is C31H42O8. The van der Waals surface area contributed by atoms with Crippen LogP contribution >= 0.6 is 0 Å². The fourth-order valence-electron chi connectivity index (χ4n) is 6.44. The number of methoxy groups -OCH3 is 2. The summed E-state index contributed by atoms with van der Waals surface area (Å²) in [6, 6.07) is 9.43. The van der Waals surface area contributed by atoms with Gasteiger partial charge < -0.3 is 39.0 Å². The van der Waals surface area contributed by atoms with Crippen LogP contribution in [0.5, 0.6) is 23.0 Å². The average Bonchev–Trinajstić information content (AvgIpc) is 3.46. The molecule has 3 aliphatic rings. The molecule has 8 heteroatoms. The minimum absolute atomic E-state index is 0.0832. The van der Waals surface area contributed by atoms with Gasteiger partial charge in [-0.1, -0.05) is 0 Å². The van der Waals surface area contributed by atoms with E-state index < -0.39 is 24.0 Å². The Bertz CT molecular complexity index is 1100. The maximum Gasteiger partial charge on any atom is 0.126 e. The molecule has 1 fully saturated rings. The molecule has 214 valence electrons. The van der Waals surface area contributed by atoms with Gasteiger partial charge in [0, 0.05) is 43.3 Å². The van der Waals surface area contributed by atoms with Gasteiger partial charge in [0.1, 0.15) is 29.1 Å².